The molecule has 2 N–H and O–H groups in total. The van der Waals surface area contributed by atoms with Crippen LogP contribution in [0.3, 0.4) is 0 Å². The average Bonchev–Trinajstić information content (AvgIpc) is 2.74. The molecule has 4 heteroatoms. The Hall–Kier alpha value is -2.62. The zero-order chi connectivity index (χ0) is 13.8. The van der Waals surface area contributed by atoms with Crippen LogP contribution in [-0.2, 0) is 6.61 Å². The smallest absolute Gasteiger partial charge is 0.212 e. The third-order valence-electron chi connectivity index (χ3n) is 2.95. The summed E-state index contributed by atoms with van der Waals surface area (Å²) in [7, 11) is 0. The summed E-state index contributed by atoms with van der Waals surface area (Å²) >= 11 is 0. The molecule has 0 aromatic heterocycles. The van der Waals surface area contributed by atoms with E-state index in [0.29, 0.717) is 36.1 Å². The van der Waals surface area contributed by atoms with Gasteiger partial charge in [0.15, 0.2) is 11.5 Å². The standard InChI is InChI=1S/C16H15NO3/c17-13-7-8-14(16-15(13)18-9-4-10-19-16)20-11-12-5-2-1-3-6-12/h1-8,10H,9,11,17H2. The largest absolute Gasteiger partial charge is 0.485 e. The molecule has 0 radical (unpaired) electrons. The van der Waals surface area contributed by atoms with Crippen LogP contribution in [0.2, 0.25) is 0 Å². The maximum atomic E-state index is 5.90. The predicted molar refractivity (Wildman–Crippen MR) is 76.9 cm³/mol. The zero-order valence-electron chi connectivity index (χ0n) is 10.9. The molecule has 0 spiro atoms. The first-order valence-electron chi connectivity index (χ1n) is 6.38. The quantitative estimate of drug-likeness (QED) is 0.870. The number of hydrogen-bond donors (Lipinski definition) is 1. The van der Waals surface area contributed by atoms with Gasteiger partial charge in [-0.05, 0) is 23.8 Å². The van der Waals surface area contributed by atoms with Crippen molar-refractivity contribution in [3.8, 4) is 17.2 Å². The number of anilines is 1. The molecule has 0 atom stereocenters. The maximum absolute atomic E-state index is 5.90. The van der Waals surface area contributed by atoms with Crippen LogP contribution in [0.1, 0.15) is 5.56 Å². The van der Waals surface area contributed by atoms with Gasteiger partial charge in [-0.25, -0.2) is 0 Å². The van der Waals surface area contributed by atoms with Crippen molar-refractivity contribution in [1.82, 2.24) is 0 Å². The van der Waals surface area contributed by atoms with Gasteiger partial charge in [0.1, 0.15) is 13.2 Å². The highest BCUT2D eigenvalue weighted by molar-refractivity contribution is 5.66. The number of nitrogens with two attached hydrogens (primary N) is 1. The van der Waals surface area contributed by atoms with Crippen molar-refractivity contribution in [1.29, 1.82) is 0 Å². The number of nitrogen functional groups attached to an aromatic ring is 1. The topological polar surface area (TPSA) is 53.7 Å². The Kier molecular flexibility index (Phi) is 3.46. The maximum Gasteiger partial charge on any atom is 0.212 e. The van der Waals surface area contributed by atoms with Crippen molar-refractivity contribution in [2.75, 3.05) is 12.3 Å². The van der Waals surface area contributed by atoms with Crippen molar-refractivity contribution < 1.29 is 14.2 Å². The van der Waals surface area contributed by atoms with Crippen LogP contribution in [-0.4, -0.2) is 6.61 Å². The number of fused-ring (bicyclic) bond motifs is 1. The number of hydrogen-bond acceptors (Lipinski definition) is 4. The highest BCUT2D eigenvalue weighted by Gasteiger charge is 2.17. The molecule has 20 heavy (non-hydrogen) atoms. The molecule has 0 aliphatic carbocycles. The first kappa shape index (κ1) is 12.4. The molecule has 0 bridgehead atoms. The molecule has 1 aliphatic rings. The van der Waals surface area contributed by atoms with E-state index in [1.165, 1.54) is 0 Å². The SMILES string of the molecule is Nc1ccc(OCc2ccccc2)c2c1OCC=CO2. The van der Waals surface area contributed by atoms with Gasteiger partial charge in [0.25, 0.3) is 0 Å². The van der Waals surface area contributed by atoms with Gasteiger partial charge in [0.2, 0.25) is 5.75 Å². The van der Waals surface area contributed by atoms with Gasteiger partial charge < -0.3 is 19.9 Å². The van der Waals surface area contributed by atoms with Crippen LogP contribution in [0.25, 0.3) is 0 Å². The fourth-order valence-corrected chi connectivity index (χ4v) is 1.96. The van der Waals surface area contributed by atoms with E-state index in [1.54, 1.807) is 24.5 Å². The first-order chi connectivity index (χ1) is 9.84. The van der Waals surface area contributed by atoms with Crippen molar-refractivity contribution in [3.63, 3.8) is 0 Å². The number of rotatable bonds is 3. The Bertz CT molecular complexity index is 623. The van der Waals surface area contributed by atoms with Crippen LogP contribution in [0.4, 0.5) is 5.69 Å². The minimum atomic E-state index is 0.430. The van der Waals surface area contributed by atoms with Crippen LogP contribution in [0, 0.1) is 0 Å². The van der Waals surface area contributed by atoms with Gasteiger partial charge in [-0.3, -0.25) is 0 Å². The summed E-state index contributed by atoms with van der Waals surface area (Å²) < 4.78 is 16.9. The van der Waals surface area contributed by atoms with Crippen LogP contribution in [0.5, 0.6) is 17.2 Å². The van der Waals surface area contributed by atoms with Gasteiger partial charge in [-0.15, -0.1) is 0 Å². The lowest BCUT2D eigenvalue weighted by molar-refractivity contribution is 0.285. The van der Waals surface area contributed by atoms with E-state index in [-0.39, 0.29) is 0 Å². The lowest BCUT2D eigenvalue weighted by atomic mass is 10.2. The third kappa shape index (κ3) is 2.54. The monoisotopic (exact) mass is 269 g/mol. The van der Waals surface area contributed by atoms with Crippen LogP contribution < -0.4 is 19.9 Å². The normalized spacial score (nSPS) is 12.8. The molecule has 4 nitrogen and oxygen atoms in total. The summed E-state index contributed by atoms with van der Waals surface area (Å²) in [6.45, 7) is 0.892. The molecule has 1 heterocycles. The molecule has 0 fully saturated rings. The van der Waals surface area contributed by atoms with Crippen LogP contribution in [0.15, 0.2) is 54.8 Å². The Balaban J connectivity index is 1.85. The average molecular weight is 269 g/mol. The molecule has 3 rings (SSSR count). The first-order valence-corrected chi connectivity index (χ1v) is 6.38. The van der Waals surface area contributed by atoms with Crippen molar-refractivity contribution in [3.05, 3.63) is 60.4 Å². The van der Waals surface area contributed by atoms with Gasteiger partial charge in [0, 0.05) is 0 Å². The Morgan fingerprint density at radius 1 is 1.05 bits per heavy atom. The predicted octanol–water partition coefficient (Wildman–Crippen LogP) is 3.13. The van der Waals surface area contributed by atoms with Gasteiger partial charge in [-0.1, -0.05) is 30.3 Å². The molecule has 1 aliphatic heterocycles. The van der Waals surface area contributed by atoms with E-state index in [1.807, 2.05) is 30.3 Å². The van der Waals surface area contributed by atoms with E-state index >= 15 is 0 Å². The lowest BCUT2D eigenvalue weighted by Gasteiger charge is -2.14. The molecular formula is C16H15NO3. The van der Waals surface area contributed by atoms with Gasteiger partial charge in [0.05, 0.1) is 11.9 Å². The highest BCUT2D eigenvalue weighted by Crippen LogP contribution is 2.43. The van der Waals surface area contributed by atoms with Gasteiger partial charge >= 0.3 is 0 Å². The molecule has 0 unspecified atom stereocenters. The molecule has 2 aromatic rings. The van der Waals surface area contributed by atoms with E-state index < -0.39 is 0 Å². The van der Waals surface area contributed by atoms with E-state index in [4.69, 9.17) is 19.9 Å². The third-order valence-corrected chi connectivity index (χ3v) is 2.95. The molecule has 102 valence electrons. The Morgan fingerprint density at radius 2 is 1.90 bits per heavy atom. The van der Waals surface area contributed by atoms with E-state index in [9.17, 15) is 0 Å². The summed E-state index contributed by atoms with van der Waals surface area (Å²) in [6.07, 6.45) is 3.36. The summed E-state index contributed by atoms with van der Waals surface area (Å²) in [6, 6.07) is 13.5. The molecule has 0 saturated carbocycles. The molecule has 0 saturated heterocycles. The second-order valence-corrected chi connectivity index (χ2v) is 4.39. The second kappa shape index (κ2) is 5.57. The van der Waals surface area contributed by atoms with E-state index in [2.05, 4.69) is 0 Å². The van der Waals surface area contributed by atoms with E-state index in [0.717, 1.165) is 5.56 Å². The van der Waals surface area contributed by atoms with Crippen molar-refractivity contribution in [2.24, 2.45) is 0 Å². The molecule has 0 amide bonds. The Labute approximate surface area is 117 Å². The summed E-state index contributed by atoms with van der Waals surface area (Å²) in [5.41, 5.74) is 7.52. The van der Waals surface area contributed by atoms with Crippen molar-refractivity contribution >= 4 is 5.69 Å². The fraction of sp³-hybridized carbons (Fsp3) is 0.125. The Morgan fingerprint density at radius 3 is 2.75 bits per heavy atom. The highest BCUT2D eigenvalue weighted by atomic mass is 16.5. The lowest BCUT2D eigenvalue weighted by Crippen LogP contribution is -2.01. The summed E-state index contributed by atoms with van der Waals surface area (Å²) in [5, 5.41) is 0. The van der Waals surface area contributed by atoms with Gasteiger partial charge in [-0.2, -0.15) is 0 Å². The molecular weight excluding hydrogens is 254 g/mol. The minimum absolute atomic E-state index is 0.430. The molecule has 2 aromatic carbocycles. The van der Waals surface area contributed by atoms with Crippen molar-refractivity contribution in [2.45, 2.75) is 6.61 Å². The fourth-order valence-electron chi connectivity index (χ4n) is 1.96. The summed E-state index contributed by atoms with van der Waals surface area (Å²) in [4.78, 5) is 0. The van der Waals surface area contributed by atoms with Crippen LogP contribution >= 0.6 is 0 Å². The second-order valence-electron chi connectivity index (χ2n) is 4.39. The number of ether oxygens (including phenoxy) is 3. The number of benzene rings is 2. The zero-order valence-corrected chi connectivity index (χ0v) is 10.9. The minimum Gasteiger partial charge on any atom is -0.485 e. The summed E-state index contributed by atoms with van der Waals surface area (Å²) in [5.74, 6) is 1.67.